The molecule has 2 saturated heterocycles. The topological polar surface area (TPSA) is 202 Å². The van der Waals surface area contributed by atoms with Gasteiger partial charge in [-0.15, -0.1) is 0 Å². The van der Waals surface area contributed by atoms with Gasteiger partial charge in [-0.3, -0.25) is 25.5 Å². The SMILES string of the molecule is CN1CC(=O)N(C[C@@H]2NC(N)=[N+]3CC(NC(=O)c4cccc5c4CCC5)C(O)(O)[C@@]34NC(N)=N[C@@H]24)C1=O. The number of guanidine groups is 2. The fourth-order valence-corrected chi connectivity index (χ4v) is 6.42. The minimum Gasteiger partial charge on any atom is -0.370 e. The van der Waals surface area contributed by atoms with Crippen LogP contribution < -0.4 is 27.4 Å². The molecule has 1 unspecified atom stereocenters. The highest BCUT2D eigenvalue weighted by atomic mass is 16.5. The van der Waals surface area contributed by atoms with Gasteiger partial charge in [0, 0.05) is 12.6 Å². The Hall–Kier alpha value is -3.91. The van der Waals surface area contributed by atoms with Crippen LogP contribution in [0, 0.1) is 0 Å². The molecule has 1 spiro atoms. The molecule has 9 N–H and O–H groups in total. The monoisotopic (exact) mass is 512 g/mol. The van der Waals surface area contributed by atoms with Gasteiger partial charge in [-0.2, -0.15) is 0 Å². The first-order valence-electron chi connectivity index (χ1n) is 12.2. The van der Waals surface area contributed by atoms with E-state index in [2.05, 4.69) is 20.9 Å². The minimum absolute atomic E-state index is 0.0580. The van der Waals surface area contributed by atoms with Gasteiger partial charge >= 0.3 is 12.0 Å². The van der Waals surface area contributed by atoms with Crippen LogP contribution >= 0.6 is 0 Å². The maximum Gasteiger partial charge on any atom is 0.346 e. The van der Waals surface area contributed by atoms with Crippen LogP contribution in [0.1, 0.15) is 27.9 Å². The second-order valence-electron chi connectivity index (χ2n) is 10.3. The summed E-state index contributed by atoms with van der Waals surface area (Å²) in [6.45, 7) is -0.238. The van der Waals surface area contributed by atoms with Gasteiger partial charge in [-0.25, -0.2) is 14.4 Å². The summed E-state index contributed by atoms with van der Waals surface area (Å²) in [5, 5.41) is 32.0. The molecular weight excluding hydrogens is 482 g/mol. The van der Waals surface area contributed by atoms with E-state index in [1.54, 1.807) is 6.07 Å². The van der Waals surface area contributed by atoms with E-state index in [-0.39, 0.29) is 31.6 Å². The lowest BCUT2D eigenvalue weighted by atomic mass is 9.85. The van der Waals surface area contributed by atoms with Gasteiger partial charge in [0.05, 0.1) is 13.1 Å². The summed E-state index contributed by atoms with van der Waals surface area (Å²) in [6, 6.07) is 2.15. The molecule has 4 heterocycles. The van der Waals surface area contributed by atoms with Gasteiger partial charge < -0.3 is 31.5 Å². The van der Waals surface area contributed by atoms with Crippen molar-refractivity contribution in [2.45, 2.75) is 48.8 Å². The maximum atomic E-state index is 13.3. The molecule has 37 heavy (non-hydrogen) atoms. The molecule has 14 heteroatoms. The van der Waals surface area contributed by atoms with Gasteiger partial charge in [0.25, 0.3) is 5.91 Å². The molecule has 5 aliphatic rings. The van der Waals surface area contributed by atoms with Crippen molar-refractivity contribution >= 4 is 29.8 Å². The molecule has 2 fully saturated rings. The third-order valence-corrected chi connectivity index (χ3v) is 8.17. The molecule has 1 aromatic carbocycles. The van der Waals surface area contributed by atoms with E-state index in [4.69, 9.17) is 11.5 Å². The highest BCUT2D eigenvalue weighted by molar-refractivity contribution is 6.02. The third kappa shape index (κ3) is 3.15. The molecule has 6 rings (SSSR count). The third-order valence-electron chi connectivity index (χ3n) is 8.17. The molecular formula is C23H30N9O5+. The van der Waals surface area contributed by atoms with Crippen molar-refractivity contribution in [3.63, 3.8) is 0 Å². The predicted octanol–water partition coefficient (Wildman–Crippen LogP) is -3.86. The second-order valence-corrected chi connectivity index (χ2v) is 10.3. The highest BCUT2D eigenvalue weighted by Gasteiger charge is 2.75. The Morgan fingerprint density at radius 2 is 2.08 bits per heavy atom. The Balaban J connectivity index is 1.32. The summed E-state index contributed by atoms with van der Waals surface area (Å²) in [5.74, 6) is -3.39. The number of imide groups is 1. The van der Waals surface area contributed by atoms with Crippen LogP contribution in [0.4, 0.5) is 4.79 Å². The van der Waals surface area contributed by atoms with E-state index in [9.17, 15) is 24.6 Å². The number of aliphatic hydroxyl groups is 2. The van der Waals surface area contributed by atoms with Crippen molar-refractivity contribution in [2.24, 2.45) is 16.5 Å². The fourth-order valence-electron chi connectivity index (χ4n) is 6.42. The molecule has 0 saturated carbocycles. The molecule has 4 amide bonds. The minimum atomic E-state index is -2.59. The largest absolute Gasteiger partial charge is 0.370 e. The number of aryl methyl sites for hydroxylation is 1. The summed E-state index contributed by atoms with van der Waals surface area (Å²) < 4.78 is 1.48. The number of amides is 4. The van der Waals surface area contributed by atoms with Crippen molar-refractivity contribution in [3.05, 3.63) is 34.9 Å². The summed E-state index contributed by atoms with van der Waals surface area (Å²) in [6.07, 6.45) is 2.65. The zero-order valence-electron chi connectivity index (χ0n) is 20.3. The lowest BCUT2D eigenvalue weighted by Crippen LogP contribution is -2.79. The van der Waals surface area contributed by atoms with Gasteiger partial charge in [0.15, 0.2) is 5.96 Å². The quantitative estimate of drug-likeness (QED) is 0.120. The van der Waals surface area contributed by atoms with Gasteiger partial charge in [-0.1, -0.05) is 12.1 Å². The number of hydrogen-bond acceptors (Lipinski definition) is 10. The van der Waals surface area contributed by atoms with Crippen LogP contribution in [-0.2, 0) is 17.6 Å². The summed E-state index contributed by atoms with van der Waals surface area (Å²) in [4.78, 5) is 45.0. The molecule has 14 nitrogen and oxygen atoms in total. The standard InChI is InChI=1S/C23H29N9O5/c1-30-10-16(33)31(21(30)35)8-14-17-22(29-19(24)28-17)23(36,37)15(9-32(22)20(25)26-14)27-18(34)13-7-3-5-11-4-2-6-12(11)13/h3,5,7,14-15,17,36-37H,2,4,6,8-10H2,1H3,(H6,24,25,26,27,28,29,34)/p+1/t14-,15?,17-,22-/m0/s1. The average molecular weight is 513 g/mol. The number of urea groups is 1. The lowest BCUT2D eigenvalue weighted by molar-refractivity contribution is -0.623. The van der Waals surface area contributed by atoms with Crippen LogP contribution in [0.15, 0.2) is 23.2 Å². The number of likely N-dealkylation sites (N-methyl/N-ethyl adjacent to an activating group) is 1. The van der Waals surface area contributed by atoms with Crippen molar-refractivity contribution in [2.75, 3.05) is 26.7 Å². The highest BCUT2D eigenvalue weighted by Crippen LogP contribution is 2.41. The number of aliphatic imine (C=N–C) groups is 1. The first-order valence-corrected chi connectivity index (χ1v) is 12.2. The van der Waals surface area contributed by atoms with E-state index < -0.39 is 47.4 Å². The normalized spacial score (nSPS) is 31.5. The Morgan fingerprint density at radius 3 is 2.81 bits per heavy atom. The second kappa shape index (κ2) is 7.79. The van der Waals surface area contributed by atoms with Crippen LogP contribution in [-0.4, -0.2) is 111 Å². The molecule has 1 aromatic rings. The first-order chi connectivity index (χ1) is 17.5. The van der Waals surface area contributed by atoms with Gasteiger partial charge in [-0.05, 0) is 36.5 Å². The van der Waals surface area contributed by atoms with Crippen LogP contribution in [0.3, 0.4) is 0 Å². The number of rotatable bonds is 4. The van der Waals surface area contributed by atoms with E-state index in [1.165, 1.54) is 16.5 Å². The number of nitrogens with one attached hydrogen (secondary N) is 3. The number of benzene rings is 1. The molecule has 1 aliphatic carbocycles. The fraction of sp³-hybridized carbons (Fsp3) is 0.522. The van der Waals surface area contributed by atoms with Crippen molar-refractivity contribution in [3.8, 4) is 0 Å². The number of fused-ring (bicyclic) bond motifs is 1. The average Bonchev–Trinajstić information content (AvgIpc) is 3.57. The van der Waals surface area contributed by atoms with Crippen molar-refractivity contribution < 1.29 is 29.2 Å². The number of nitrogens with zero attached hydrogens (tertiary/aromatic N) is 4. The maximum absolute atomic E-state index is 13.3. The van der Waals surface area contributed by atoms with Gasteiger partial charge in [0.1, 0.15) is 24.7 Å². The number of hydrogen-bond donors (Lipinski definition) is 7. The summed E-state index contributed by atoms with van der Waals surface area (Å²) in [7, 11) is 1.52. The van der Waals surface area contributed by atoms with E-state index in [1.807, 2.05) is 12.1 Å². The molecule has 0 radical (unpaired) electrons. The summed E-state index contributed by atoms with van der Waals surface area (Å²) >= 11 is 0. The molecule has 196 valence electrons. The zero-order valence-corrected chi connectivity index (χ0v) is 20.3. The lowest BCUT2D eigenvalue weighted by Gasteiger charge is -2.44. The first kappa shape index (κ1) is 23.5. The van der Waals surface area contributed by atoms with E-state index in [0.29, 0.717) is 5.56 Å². The van der Waals surface area contributed by atoms with Gasteiger partial charge in [0.2, 0.25) is 17.4 Å². The Kier molecular flexibility index (Phi) is 4.95. The Morgan fingerprint density at radius 1 is 1.30 bits per heavy atom. The molecule has 0 aromatic heterocycles. The van der Waals surface area contributed by atoms with Crippen molar-refractivity contribution in [1.82, 2.24) is 25.8 Å². The van der Waals surface area contributed by atoms with Crippen LogP contribution in [0.25, 0.3) is 0 Å². The van der Waals surface area contributed by atoms with E-state index >= 15 is 0 Å². The Bertz CT molecular complexity index is 1290. The zero-order chi connectivity index (χ0) is 26.3. The summed E-state index contributed by atoms with van der Waals surface area (Å²) in [5.41, 5.74) is 13.2. The number of nitrogens with two attached hydrogens (primary N) is 2. The number of carbonyl (C=O) groups is 3. The van der Waals surface area contributed by atoms with Crippen molar-refractivity contribution in [1.29, 1.82) is 0 Å². The van der Waals surface area contributed by atoms with Crippen LogP contribution in [0.2, 0.25) is 0 Å². The number of carbonyl (C=O) groups excluding carboxylic acids is 3. The van der Waals surface area contributed by atoms with E-state index in [0.717, 1.165) is 35.3 Å². The molecule has 4 atom stereocenters. The van der Waals surface area contributed by atoms with Crippen LogP contribution in [0.5, 0.6) is 0 Å². The Labute approximate surface area is 212 Å². The molecule has 0 bridgehead atoms. The smallest absolute Gasteiger partial charge is 0.346 e. The molecule has 4 aliphatic heterocycles. The predicted molar refractivity (Wildman–Crippen MR) is 129 cm³/mol.